The largest absolute Gasteiger partial charge is 0.454 e. The number of carbonyl (C=O) groups excluding carboxylic acids is 1. The second-order valence-electron chi connectivity index (χ2n) is 7.33. The molecule has 0 unspecified atom stereocenters. The molecule has 0 atom stereocenters. The highest BCUT2D eigenvalue weighted by Gasteiger charge is 2.20. The Kier molecular flexibility index (Phi) is 10.9. The molecule has 1 aromatic rings. The molecule has 0 bridgehead atoms. The fourth-order valence-electron chi connectivity index (χ4n) is 2.51. The predicted octanol–water partition coefficient (Wildman–Crippen LogP) is 3.21. The number of alkyl halides is 2. The molecule has 1 heterocycles. The summed E-state index contributed by atoms with van der Waals surface area (Å²) in [5.41, 5.74) is -0.0790. The van der Waals surface area contributed by atoms with Crippen molar-refractivity contribution in [2.75, 3.05) is 26.9 Å². The minimum absolute atomic E-state index is 0. The second kappa shape index (κ2) is 12.6. The molecule has 12 heteroatoms. The van der Waals surface area contributed by atoms with Crippen LogP contribution in [0.25, 0.3) is 0 Å². The van der Waals surface area contributed by atoms with Gasteiger partial charge >= 0.3 is 12.7 Å². The Morgan fingerprint density at radius 1 is 1.16 bits per heavy atom. The van der Waals surface area contributed by atoms with Crippen molar-refractivity contribution < 1.29 is 32.5 Å². The lowest BCUT2D eigenvalue weighted by Gasteiger charge is -2.19. The second-order valence-corrected chi connectivity index (χ2v) is 7.33. The first kappa shape index (κ1) is 26.8. The molecule has 2 rings (SSSR count). The average Bonchev–Trinajstić information content (AvgIpc) is 3.09. The van der Waals surface area contributed by atoms with Crippen LogP contribution in [-0.2, 0) is 11.3 Å². The van der Waals surface area contributed by atoms with Crippen molar-refractivity contribution in [3.05, 3.63) is 17.7 Å². The standard InChI is InChI=1S/C19H28F2N4O5.HI/c1-19(2,3)30-18(26)24-7-5-6-23-17(22-4)25-10-12-8-14-15(28-11-27-14)9-13(12)29-16(20)21;/h8-9,16H,5-7,10-11H2,1-4H3,(H,24,26)(H2,22,23,25);1H. The summed E-state index contributed by atoms with van der Waals surface area (Å²) in [7, 11) is 1.59. The number of fused-ring (bicyclic) bond motifs is 1. The topological polar surface area (TPSA) is 102 Å². The van der Waals surface area contributed by atoms with Crippen LogP contribution in [0.15, 0.2) is 17.1 Å². The molecule has 176 valence electrons. The van der Waals surface area contributed by atoms with Gasteiger partial charge in [0.05, 0.1) is 0 Å². The molecule has 31 heavy (non-hydrogen) atoms. The van der Waals surface area contributed by atoms with Crippen LogP contribution in [0.4, 0.5) is 13.6 Å². The summed E-state index contributed by atoms with van der Waals surface area (Å²) in [6, 6.07) is 2.97. The summed E-state index contributed by atoms with van der Waals surface area (Å²) >= 11 is 0. The normalized spacial score (nSPS) is 12.8. The van der Waals surface area contributed by atoms with Crippen LogP contribution in [0.3, 0.4) is 0 Å². The van der Waals surface area contributed by atoms with E-state index >= 15 is 0 Å². The Bertz CT molecular complexity index is 760. The van der Waals surface area contributed by atoms with Gasteiger partial charge in [-0.2, -0.15) is 8.78 Å². The number of nitrogens with one attached hydrogen (secondary N) is 3. The van der Waals surface area contributed by atoms with E-state index in [0.717, 1.165) is 0 Å². The maximum atomic E-state index is 12.7. The summed E-state index contributed by atoms with van der Waals surface area (Å²) in [6.07, 6.45) is 0.156. The van der Waals surface area contributed by atoms with E-state index in [2.05, 4.69) is 25.7 Å². The van der Waals surface area contributed by atoms with Crippen LogP contribution >= 0.6 is 24.0 Å². The minimum atomic E-state index is -2.96. The number of ether oxygens (including phenoxy) is 4. The number of carbonyl (C=O) groups is 1. The van der Waals surface area contributed by atoms with Crippen molar-refractivity contribution in [1.29, 1.82) is 0 Å². The molecule has 9 nitrogen and oxygen atoms in total. The van der Waals surface area contributed by atoms with Crippen LogP contribution in [0.5, 0.6) is 17.2 Å². The van der Waals surface area contributed by atoms with Gasteiger partial charge in [-0.15, -0.1) is 24.0 Å². The van der Waals surface area contributed by atoms with Gasteiger partial charge < -0.3 is 34.9 Å². The van der Waals surface area contributed by atoms with Crippen LogP contribution in [-0.4, -0.2) is 51.2 Å². The van der Waals surface area contributed by atoms with E-state index < -0.39 is 18.3 Å². The van der Waals surface area contributed by atoms with E-state index in [4.69, 9.17) is 14.2 Å². The highest BCUT2D eigenvalue weighted by molar-refractivity contribution is 14.0. The molecule has 1 aliphatic rings. The van der Waals surface area contributed by atoms with Gasteiger partial charge in [0.1, 0.15) is 11.4 Å². The van der Waals surface area contributed by atoms with Gasteiger partial charge in [-0.05, 0) is 33.3 Å². The first-order valence-electron chi connectivity index (χ1n) is 9.46. The molecule has 0 aliphatic carbocycles. The van der Waals surface area contributed by atoms with E-state index in [9.17, 15) is 13.6 Å². The number of benzene rings is 1. The molecule has 0 fully saturated rings. The zero-order valence-corrected chi connectivity index (χ0v) is 20.3. The predicted molar refractivity (Wildman–Crippen MR) is 122 cm³/mol. The number of alkyl carbamates (subject to hydrolysis) is 1. The summed E-state index contributed by atoms with van der Waals surface area (Å²) in [6.45, 7) is 3.57. The molecule has 1 aromatic carbocycles. The number of hydrogen-bond donors (Lipinski definition) is 3. The Morgan fingerprint density at radius 2 is 1.81 bits per heavy atom. The summed E-state index contributed by atoms with van der Waals surface area (Å²) in [5, 5.41) is 8.77. The average molecular weight is 558 g/mol. The molecule has 0 saturated heterocycles. The maximum Gasteiger partial charge on any atom is 0.407 e. The van der Waals surface area contributed by atoms with Crippen LogP contribution in [0.1, 0.15) is 32.8 Å². The lowest BCUT2D eigenvalue weighted by molar-refractivity contribution is -0.0505. The van der Waals surface area contributed by atoms with Gasteiger partial charge in [-0.1, -0.05) is 0 Å². The van der Waals surface area contributed by atoms with E-state index in [1.165, 1.54) is 6.07 Å². The first-order chi connectivity index (χ1) is 14.2. The Morgan fingerprint density at radius 3 is 2.42 bits per heavy atom. The lowest BCUT2D eigenvalue weighted by atomic mass is 10.1. The van der Waals surface area contributed by atoms with Crippen molar-refractivity contribution in [2.45, 2.75) is 45.9 Å². The van der Waals surface area contributed by atoms with Crippen molar-refractivity contribution in [2.24, 2.45) is 4.99 Å². The zero-order valence-electron chi connectivity index (χ0n) is 17.9. The molecular weight excluding hydrogens is 529 g/mol. The smallest absolute Gasteiger partial charge is 0.407 e. The number of hydrogen-bond acceptors (Lipinski definition) is 6. The molecule has 3 N–H and O–H groups in total. The molecule has 0 aromatic heterocycles. The number of amides is 1. The van der Waals surface area contributed by atoms with E-state index in [1.54, 1.807) is 33.9 Å². The SMILES string of the molecule is CN=C(NCCCNC(=O)OC(C)(C)C)NCc1cc2c(cc1OC(F)F)OCO2.I. The van der Waals surface area contributed by atoms with Crippen molar-refractivity contribution >= 4 is 36.0 Å². The van der Waals surface area contributed by atoms with Crippen LogP contribution in [0.2, 0.25) is 0 Å². The van der Waals surface area contributed by atoms with E-state index in [-0.39, 0.29) is 43.1 Å². The molecular formula is C19H29F2IN4O5. The van der Waals surface area contributed by atoms with Crippen molar-refractivity contribution in [3.8, 4) is 17.2 Å². The summed E-state index contributed by atoms with van der Waals surface area (Å²) < 4.78 is 45.7. The zero-order chi connectivity index (χ0) is 22.1. The molecule has 1 amide bonds. The number of nitrogens with zero attached hydrogens (tertiary/aromatic N) is 1. The lowest BCUT2D eigenvalue weighted by Crippen LogP contribution is -2.39. The summed E-state index contributed by atoms with van der Waals surface area (Å²) in [4.78, 5) is 15.7. The van der Waals surface area contributed by atoms with Crippen molar-refractivity contribution in [1.82, 2.24) is 16.0 Å². The van der Waals surface area contributed by atoms with Gasteiger partial charge in [0.25, 0.3) is 0 Å². The highest BCUT2D eigenvalue weighted by atomic mass is 127. The molecule has 0 radical (unpaired) electrons. The van der Waals surface area contributed by atoms with Gasteiger partial charge in [-0.3, -0.25) is 4.99 Å². The van der Waals surface area contributed by atoms with Gasteiger partial charge in [0, 0.05) is 38.3 Å². The Labute approximate surface area is 197 Å². The third kappa shape index (κ3) is 9.61. The minimum Gasteiger partial charge on any atom is -0.454 e. The fourth-order valence-corrected chi connectivity index (χ4v) is 2.51. The number of guanidine groups is 1. The van der Waals surface area contributed by atoms with Crippen molar-refractivity contribution in [3.63, 3.8) is 0 Å². The van der Waals surface area contributed by atoms with E-state index in [1.807, 2.05) is 0 Å². The Hall–Kier alpha value is -2.25. The quantitative estimate of drug-likeness (QED) is 0.195. The first-order valence-corrected chi connectivity index (χ1v) is 9.46. The molecule has 0 spiro atoms. The third-order valence-electron chi connectivity index (χ3n) is 3.76. The van der Waals surface area contributed by atoms with Crippen LogP contribution < -0.4 is 30.2 Å². The van der Waals surface area contributed by atoms with Gasteiger partial charge in [0.15, 0.2) is 17.5 Å². The monoisotopic (exact) mass is 558 g/mol. The number of rotatable bonds is 8. The Balaban J connectivity index is 0.00000480. The highest BCUT2D eigenvalue weighted by Crippen LogP contribution is 2.38. The van der Waals surface area contributed by atoms with Gasteiger partial charge in [-0.25, -0.2) is 4.79 Å². The summed E-state index contributed by atoms with van der Waals surface area (Å²) in [5.74, 6) is 1.28. The fraction of sp³-hybridized carbons (Fsp3) is 0.579. The molecule has 1 aliphatic heterocycles. The van der Waals surface area contributed by atoms with Crippen LogP contribution in [0, 0.1) is 0 Å². The van der Waals surface area contributed by atoms with E-state index in [0.29, 0.717) is 42.5 Å². The molecule has 0 saturated carbocycles. The van der Waals surface area contributed by atoms with Gasteiger partial charge in [0.2, 0.25) is 6.79 Å². The third-order valence-corrected chi connectivity index (χ3v) is 3.76. The number of halogens is 3. The number of aliphatic imine (C=N–C) groups is 1. The maximum absolute atomic E-state index is 12.7.